The summed E-state index contributed by atoms with van der Waals surface area (Å²) >= 11 is 0. The van der Waals surface area contributed by atoms with Crippen molar-refractivity contribution < 1.29 is 14.8 Å². The second-order valence-corrected chi connectivity index (χ2v) is 7.79. The Hall–Kier alpha value is -3.12. The van der Waals surface area contributed by atoms with Crippen LogP contribution in [0.15, 0.2) is 54.6 Å². The minimum atomic E-state index is -0.472. The summed E-state index contributed by atoms with van der Waals surface area (Å²) in [4.78, 5) is 27.4. The average Bonchev–Trinajstić information content (AvgIpc) is 3.13. The van der Waals surface area contributed by atoms with E-state index in [-0.39, 0.29) is 5.91 Å². The largest absolute Gasteiger partial charge is 0.334 e. The molecule has 156 valence electrons. The zero-order valence-electron chi connectivity index (χ0n) is 17.2. The van der Waals surface area contributed by atoms with Gasteiger partial charge in [0, 0.05) is 47.2 Å². The van der Waals surface area contributed by atoms with Crippen LogP contribution in [0.1, 0.15) is 53.8 Å². The van der Waals surface area contributed by atoms with Gasteiger partial charge in [0.25, 0.3) is 11.8 Å². The van der Waals surface area contributed by atoms with E-state index in [0.717, 1.165) is 35.0 Å². The van der Waals surface area contributed by atoms with Crippen LogP contribution in [0.5, 0.6) is 0 Å². The van der Waals surface area contributed by atoms with Crippen molar-refractivity contribution in [2.75, 3.05) is 6.54 Å². The minimum absolute atomic E-state index is 0.0220. The summed E-state index contributed by atoms with van der Waals surface area (Å²) < 4.78 is 2.08. The molecule has 1 atom stereocenters. The molecule has 1 aromatic heterocycles. The zero-order valence-corrected chi connectivity index (χ0v) is 17.2. The maximum absolute atomic E-state index is 13.0. The SMILES string of the molecule is CCCCC(C(=O)NO)n1c2c(c3ccccc31)CN(C(=O)c1ccccc1)CC2. The molecule has 0 saturated heterocycles. The standard InChI is InChI=1S/C24H27N3O3/c1-2-3-12-22(23(28)25-30)27-20-13-8-7-11-18(20)19-16-26(15-14-21(19)27)24(29)17-9-5-4-6-10-17/h4-11,13,22,30H,2-3,12,14-16H2,1H3,(H,25,28). The number of nitrogens with one attached hydrogen (secondary N) is 1. The Morgan fingerprint density at radius 1 is 1.10 bits per heavy atom. The van der Waals surface area contributed by atoms with Crippen molar-refractivity contribution in [3.8, 4) is 0 Å². The van der Waals surface area contributed by atoms with E-state index in [9.17, 15) is 14.8 Å². The Labute approximate surface area is 176 Å². The quantitative estimate of drug-likeness (QED) is 0.479. The molecule has 0 fully saturated rings. The normalized spacial score (nSPS) is 14.4. The lowest BCUT2D eigenvalue weighted by atomic mass is 10.0. The van der Waals surface area contributed by atoms with Crippen LogP contribution in [0.25, 0.3) is 10.9 Å². The first-order chi connectivity index (χ1) is 14.7. The molecule has 0 spiro atoms. The first-order valence-electron chi connectivity index (χ1n) is 10.5. The monoisotopic (exact) mass is 405 g/mol. The number of para-hydroxylation sites is 1. The van der Waals surface area contributed by atoms with Crippen LogP contribution in [0.3, 0.4) is 0 Å². The van der Waals surface area contributed by atoms with Gasteiger partial charge in [-0.1, -0.05) is 56.2 Å². The van der Waals surface area contributed by atoms with Crippen molar-refractivity contribution in [2.24, 2.45) is 0 Å². The number of rotatable bonds is 6. The molecule has 2 N–H and O–H groups in total. The van der Waals surface area contributed by atoms with Crippen LogP contribution < -0.4 is 5.48 Å². The van der Waals surface area contributed by atoms with E-state index in [4.69, 9.17) is 0 Å². The summed E-state index contributed by atoms with van der Waals surface area (Å²) in [6.07, 6.45) is 3.18. The molecule has 2 aromatic carbocycles. The molecule has 4 rings (SSSR count). The molecule has 0 bridgehead atoms. The Morgan fingerprint density at radius 3 is 2.57 bits per heavy atom. The van der Waals surface area contributed by atoms with Gasteiger partial charge in [0.1, 0.15) is 6.04 Å². The predicted molar refractivity (Wildman–Crippen MR) is 115 cm³/mol. The number of fused-ring (bicyclic) bond motifs is 3. The molecule has 30 heavy (non-hydrogen) atoms. The fourth-order valence-electron chi connectivity index (χ4n) is 4.49. The lowest BCUT2D eigenvalue weighted by Crippen LogP contribution is -2.37. The van der Waals surface area contributed by atoms with Gasteiger partial charge in [0.05, 0.1) is 0 Å². The molecule has 6 nitrogen and oxygen atoms in total. The fraction of sp³-hybridized carbons (Fsp3) is 0.333. The highest BCUT2D eigenvalue weighted by atomic mass is 16.5. The number of carbonyl (C=O) groups excluding carboxylic acids is 2. The van der Waals surface area contributed by atoms with Crippen LogP contribution in [0.4, 0.5) is 0 Å². The molecule has 2 amide bonds. The summed E-state index contributed by atoms with van der Waals surface area (Å²) in [7, 11) is 0. The predicted octanol–water partition coefficient (Wildman–Crippen LogP) is 4.08. The minimum Gasteiger partial charge on any atom is -0.334 e. The highest BCUT2D eigenvalue weighted by Gasteiger charge is 2.31. The number of benzene rings is 2. The lowest BCUT2D eigenvalue weighted by Gasteiger charge is -2.30. The molecule has 1 unspecified atom stereocenters. The molecular weight excluding hydrogens is 378 g/mol. The summed E-state index contributed by atoms with van der Waals surface area (Å²) in [5, 5.41) is 10.4. The number of nitrogens with zero attached hydrogens (tertiary/aromatic N) is 2. The fourth-order valence-corrected chi connectivity index (χ4v) is 4.49. The summed E-state index contributed by atoms with van der Waals surface area (Å²) in [5.74, 6) is -0.372. The van der Waals surface area contributed by atoms with E-state index in [2.05, 4.69) is 17.6 Å². The van der Waals surface area contributed by atoms with Gasteiger partial charge >= 0.3 is 0 Å². The smallest absolute Gasteiger partial charge is 0.266 e. The van der Waals surface area contributed by atoms with Crippen LogP contribution in [0.2, 0.25) is 0 Å². The second kappa shape index (κ2) is 8.71. The van der Waals surface area contributed by atoms with Gasteiger partial charge in [-0.05, 0) is 24.6 Å². The number of hydroxylamine groups is 1. The van der Waals surface area contributed by atoms with E-state index < -0.39 is 11.9 Å². The first kappa shape index (κ1) is 20.2. The Morgan fingerprint density at radius 2 is 1.83 bits per heavy atom. The number of hydrogen-bond donors (Lipinski definition) is 2. The maximum atomic E-state index is 13.0. The van der Waals surface area contributed by atoms with Gasteiger partial charge in [0.2, 0.25) is 0 Å². The molecule has 1 aliphatic rings. The van der Waals surface area contributed by atoms with Crippen LogP contribution in [-0.4, -0.2) is 33.0 Å². The van der Waals surface area contributed by atoms with Gasteiger partial charge in [-0.3, -0.25) is 14.8 Å². The number of hydrogen-bond acceptors (Lipinski definition) is 3. The highest BCUT2D eigenvalue weighted by Crippen LogP contribution is 2.35. The first-order valence-corrected chi connectivity index (χ1v) is 10.5. The number of carbonyl (C=O) groups is 2. The van der Waals surface area contributed by atoms with E-state index in [1.165, 1.54) is 0 Å². The zero-order chi connectivity index (χ0) is 21.1. The second-order valence-electron chi connectivity index (χ2n) is 7.79. The lowest BCUT2D eigenvalue weighted by molar-refractivity contribution is -0.132. The van der Waals surface area contributed by atoms with Crippen LogP contribution >= 0.6 is 0 Å². The molecule has 0 radical (unpaired) electrons. The summed E-state index contributed by atoms with van der Waals surface area (Å²) in [6.45, 7) is 3.19. The van der Waals surface area contributed by atoms with E-state index in [1.807, 2.05) is 58.9 Å². The summed E-state index contributed by atoms with van der Waals surface area (Å²) in [5.41, 5.74) is 5.69. The van der Waals surface area contributed by atoms with Crippen molar-refractivity contribution in [1.82, 2.24) is 14.9 Å². The maximum Gasteiger partial charge on any atom is 0.266 e. The molecule has 0 aliphatic carbocycles. The average molecular weight is 405 g/mol. The third-order valence-electron chi connectivity index (χ3n) is 5.96. The molecule has 0 saturated carbocycles. The van der Waals surface area contributed by atoms with Crippen molar-refractivity contribution in [3.63, 3.8) is 0 Å². The molecule has 2 heterocycles. The van der Waals surface area contributed by atoms with Crippen molar-refractivity contribution in [2.45, 2.75) is 45.2 Å². The number of aromatic nitrogens is 1. The Kier molecular flexibility index (Phi) is 5.86. The van der Waals surface area contributed by atoms with E-state index in [0.29, 0.717) is 31.5 Å². The number of amides is 2. The third kappa shape index (κ3) is 3.59. The molecule has 1 aliphatic heterocycles. The van der Waals surface area contributed by atoms with Crippen molar-refractivity contribution >= 4 is 22.7 Å². The van der Waals surface area contributed by atoms with Gasteiger partial charge in [0.15, 0.2) is 0 Å². The van der Waals surface area contributed by atoms with E-state index in [1.54, 1.807) is 0 Å². The Bertz CT molecular complexity index is 1060. The Balaban J connectivity index is 1.76. The van der Waals surface area contributed by atoms with Gasteiger partial charge in [-0.2, -0.15) is 0 Å². The number of unbranched alkanes of at least 4 members (excludes halogenated alkanes) is 1. The third-order valence-corrected chi connectivity index (χ3v) is 5.96. The van der Waals surface area contributed by atoms with Gasteiger partial charge in [-0.25, -0.2) is 5.48 Å². The molecular formula is C24H27N3O3. The highest BCUT2D eigenvalue weighted by molar-refractivity contribution is 5.95. The van der Waals surface area contributed by atoms with Crippen LogP contribution in [-0.2, 0) is 17.8 Å². The molecule has 6 heteroatoms. The van der Waals surface area contributed by atoms with E-state index >= 15 is 0 Å². The summed E-state index contributed by atoms with van der Waals surface area (Å²) in [6, 6.07) is 16.9. The van der Waals surface area contributed by atoms with Gasteiger partial charge < -0.3 is 9.47 Å². The molecule has 3 aromatic rings. The topological polar surface area (TPSA) is 74.6 Å². The van der Waals surface area contributed by atoms with Gasteiger partial charge in [-0.15, -0.1) is 0 Å². The van der Waals surface area contributed by atoms with Crippen molar-refractivity contribution in [3.05, 3.63) is 71.4 Å². The van der Waals surface area contributed by atoms with Crippen molar-refractivity contribution in [1.29, 1.82) is 0 Å². The van der Waals surface area contributed by atoms with Crippen LogP contribution in [0, 0.1) is 0 Å².